The number of amides is 1. The molecule has 0 atom stereocenters. The van der Waals surface area contributed by atoms with Gasteiger partial charge in [0.2, 0.25) is 5.91 Å². The molecule has 1 aromatic heterocycles. The largest absolute Gasteiger partial charge is 0.459 e. The second-order valence-corrected chi connectivity index (χ2v) is 8.14. The van der Waals surface area contributed by atoms with E-state index in [1.807, 2.05) is 47.4 Å². The first-order valence-corrected chi connectivity index (χ1v) is 9.68. The van der Waals surface area contributed by atoms with E-state index in [4.69, 9.17) is 4.42 Å². The van der Waals surface area contributed by atoms with Crippen LogP contribution in [0.5, 0.6) is 0 Å². The van der Waals surface area contributed by atoms with Crippen molar-refractivity contribution in [3.05, 3.63) is 48.2 Å². The van der Waals surface area contributed by atoms with Gasteiger partial charge in [-0.15, -0.1) is 0 Å². The normalized spacial score (nSPS) is 17.5. The minimum Gasteiger partial charge on any atom is -0.459 e. The average molecular weight is 348 g/mol. The molecule has 3 rings (SSSR count). The number of hydrogen-bond donors (Lipinski definition) is 1. The summed E-state index contributed by atoms with van der Waals surface area (Å²) in [6.45, 7) is 1.35. The molecule has 1 N–H and O–H groups in total. The first-order valence-electron chi connectivity index (χ1n) is 7.85. The Morgan fingerprint density at radius 2 is 1.79 bits per heavy atom. The van der Waals surface area contributed by atoms with E-state index in [0.717, 1.165) is 11.3 Å². The molecule has 1 saturated heterocycles. The number of rotatable bonds is 5. The van der Waals surface area contributed by atoms with Gasteiger partial charge in [0.1, 0.15) is 11.5 Å². The molecular weight excluding hydrogens is 328 g/mol. The van der Waals surface area contributed by atoms with Crippen molar-refractivity contribution in [2.45, 2.75) is 6.54 Å². The molecule has 0 unspecified atom stereocenters. The zero-order valence-corrected chi connectivity index (χ0v) is 14.1. The SMILES string of the molecule is O=C(CN1CCS(=O)(=O)CC1)NCc1ccc(-c2ccccc2)o1. The van der Waals surface area contributed by atoms with E-state index in [1.54, 1.807) is 0 Å². The van der Waals surface area contributed by atoms with Crippen LogP contribution in [0.2, 0.25) is 0 Å². The summed E-state index contributed by atoms with van der Waals surface area (Å²) in [5, 5.41) is 2.81. The highest BCUT2D eigenvalue weighted by molar-refractivity contribution is 7.91. The van der Waals surface area contributed by atoms with Crippen molar-refractivity contribution in [3.8, 4) is 11.3 Å². The maximum absolute atomic E-state index is 12.0. The van der Waals surface area contributed by atoms with Crippen LogP contribution in [0.3, 0.4) is 0 Å². The molecule has 1 aliphatic heterocycles. The molecule has 0 bridgehead atoms. The van der Waals surface area contributed by atoms with E-state index in [2.05, 4.69) is 5.32 Å². The fourth-order valence-corrected chi connectivity index (χ4v) is 3.86. The van der Waals surface area contributed by atoms with E-state index in [1.165, 1.54) is 0 Å². The molecule has 1 amide bonds. The predicted octanol–water partition coefficient (Wildman–Crippen LogP) is 1.29. The monoisotopic (exact) mass is 348 g/mol. The van der Waals surface area contributed by atoms with E-state index in [0.29, 0.717) is 25.4 Å². The van der Waals surface area contributed by atoms with Crippen molar-refractivity contribution in [1.82, 2.24) is 10.2 Å². The Morgan fingerprint density at radius 1 is 1.08 bits per heavy atom. The Bertz CT molecular complexity index is 785. The molecule has 6 nitrogen and oxygen atoms in total. The molecular formula is C17H20N2O4S. The van der Waals surface area contributed by atoms with Crippen molar-refractivity contribution < 1.29 is 17.6 Å². The van der Waals surface area contributed by atoms with Crippen LogP contribution in [0.4, 0.5) is 0 Å². The summed E-state index contributed by atoms with van der Waals surface area (Å²) in [6.07, 6.45) is 0. The highest BCUT2D eigenvalue weighted by atomic mass is 32.2. The summed E-state index contributed by atoms with van der Waals surface area (Å²) >= 11 is 0. The van der Waals surface area contributed by atoms with Gasteiger partial charge in [0.05, 0.1) is 24.6 Å². The third-order valence-corrected chi connectivity index (χ3v) is 5.59. The van der Waals surface area contributed by atoms with Gasteiger partial charge in [-0.05, 0) is 12.1 Å². The Hall–Kier alpha value is -2.12. The Kier molecular flexibility index (Phi) is 5.01. The van der Waals surface area contributed by atoms with E-state index >= 15 is 0 Å². The van der Waals surface area contributed by atoms with Crippen molar-refractivity contribution in [1.29, 1.82) is 0 Å². The summed E-state index contributed by atoms with van der Waals surface area (Å²) in [5.41, 5.74) is 0.990. The van der Waals surface area contributed by atoms with Gasteiger partial charge in [0.15, 0.2) is 9.84 Å². The van der Waals surface area contributed by atoms with Crippen molar-refractivity contribution in [3.63, 3.8) is 0 Å². The maximum atomic E-state index is 12.0. The van der Waals surface area contributed by atoms with Crippen LogP contribution in [0.1, 0.15) is 5.76 Å². The zero-order chi connectivity index (χ0) is 17.0. The van der Waals surface area contributed by atoms with Crippen molar-refractivity contribution >= 4 is 15.7 Å². The molecule has 1 aliphatic rings. The molecule has 1 fully saturated rings. The Balaban J connectivity index is 1.48. The highest BCUT2D eigenvalue weighted by Crippen LogP contribution is 2.21. The van der Waals surface area contributed by atoms with Crippen LogP contribution >= 0.6 is 0 Å². The summed E-state index contributed by atoms with van der Waals surface area (Å²) < 4.78 is 28.5. The number of hydrogen-bond acceptors (Lipinski definition) is 5. The van der Waals surface area contributed by atoms with E-state index in [9.17, 15) is 13.2 Å². The van der Waals surface area contributed by atoms with Crippen LogP contribution in [0.25, 0.3) is 11.3 Å². The van der Waals surface area contributed by atoms with E-state index < -0.39 is 9.84 Å². The van der Waals surface area contributed by atoms with Crippen LogP contribution in [-0.2, 0) is 21.2 Å². The molecule has 2 heterocycles. The van der Waals surface area contributed by atoms with Gasteiger partial charge in [-0.25, -0.2) is 8.42 Å². The zero-order valence-electron chi connectivity index (χ0n) is 13.3. The van der Waals surface area contributed by atoms with Gasteiger partial charge >= 0.3 is 0 Å². The van der Waals surface area contributed by atoms with Gasteiger partial charge in [-0.2, -0.15) is 0 Å². The maximum Gasteiger partial charge on any atom is 0.234 e. The molecule has 2 aromatic rings. The van der Waals surface area contributed by atoms with Gasteiger partial charge in [-0.1, -0.05) is 30.3 Å². The minimum atomic E-state index is -2.92. The molecule has 0 saturated carbocycles. The minimum absolute atomic E-state index is 0.124. The highest BCUT2D eigenvalue weighted by Gasteiger charge is 2.22. The number of sulfone groups is 1. The van der Waals surface area contributed by atoms with Gasteiger partial charge in [0.25, 0.3) is 0 Å². The predicted molar refractivity (Wildman–Crippen MR) is 91.1 cm³/mol. The number of carbonyl (C=O) groups is 1. The smallest absolute Gasteiger partial charge is 0.234 e. The quantitative estimate of drug-likeness (QED) is 0.881. The fourth-order valence-electron chi connectivity index (χ4n) is 2.58. The van der Waals surface area contributed by atoms with Crippen LogP contribution in [-0.4, -0.2) is 50.4 Å². The lowest BCUT2D eigenvalue weighted by Crippen LogP contribution is -2.45. The third kappa shape index (κ3) is 4.46. The Labute approximate surface area is 141 Å². The number of furan rings is 1. The van der Waals surface area contributed by atoms with Crippen LogP contribution in [0, 0.1) is 0 Å². The molecule has 24 heavy (non-hydrogen) atoms. The average Bonchev–Trinajstić information content (AvgIpc) is 3.05. The summed E-state index contributed by atoms with van der Waals surface area (Å²) in [7, 11) is -2.92. The van der Waals surface area contributed by atoms with Gasteiger partial charge < -0.3 is 9.73 Å². The van der Waals surface area contributed by atoms with Gasteiger partial charge in [0, 0.05) is 18.7 Å². The molecule has 0 radical (unpaired) electrons. The van der Waals surface area contributed by atoms with Gasteiger partial charge in [-0.3, -0.25) is 9.69 Å². The van der Waals surface area contributed by atoms with Crippen LogP contribution < -0.4 is 5.32 Å². The summed E-state index contributed by atoms with van der Waals surface area (Å²) in [6, 6.07) is 13.5. The fraction of sp³-hybridized carbons (Fsp3) is 0.353. The topological polar surface area (TPSA) is 79.6 Å². The molecule has 0 aliphatic carbocycles. The lowest BCUT2D eigenvalue weighted by molar-refractivity contribution is -0.122. The number of nitrogens with zero attached hydrogens (tertiary/aromatic N) is 1. The van der Waals surface area contributed by atoms with Crippen molar-refractivity contribution in [2.24, 2.45) is 0 Å². The first kappa shape index (κ1) is 16.7. The Morgan fingerprint density at radius 3 is 2.50 bits per heavy atom. The van der Waals surface area contributed by atoms with E-state index in [-0.39, 0.29) is 24.0 Å². The summed E-state index contributed by atoms with van der Waals surface area (Å²) in [4.78, 5) is 13.8. The number of nitrogens with one attached hydrogen (secondary N) is 1. The standard InChI is InChI=1S/C17H20N2O4S/c20-17(13-19-8-10-24(21,22)11-9-19)18-12-15-6-7-16(23-15)14-4-2-1-3-5-14/h1-7H,8-13H2,(H,18,20). The molecule has 7 heteroatoms. The van der Waals surface area contributed by atoms with Crippen LogP contribution in [0.15, 0.2) is 46.9 Å². The third-order valence-electron chi connectivity index (χ3n) is 3.98. The second kappa shape index (κ2) is 7.19. The lowest BCUT2D eigenvalue weighted by atomic mass is 10.2. The second-order valence-electron chi connectivity index (χ2n) is 5.84. The van der Waals surface area contributed by atoms with Crippen molar-refractivity contribution in [2.75, 3.05) is 31.1 Å². The molecule has 0 spiro atoms. The number of carbonyl (C=O) groups excluding carboxylic acids is 1. The summed E-state index contributed by atoms with van der Waals surface area (Å²) in [5.74, 6) is 1.56. The molecule has 128 valence electrons. The lowest BCUT2D eigenvalue weighted by Gasteiger charge is -2.25. The first-order chi connectivity index (χ1) is 11.5. The number of benzene rings is 1. The molecule has 1 aromatic carbocycles.